The van der Waals surface area contributed by atoms with Crippen molar-refractivity contribution < 1.29 is 18.0 Å². The lowest BCUT2D eigenvalue weighted by Crippen LogP contribution is -2.42. The van der Waals surface area contributed by atoms with Gasteiger partial charge in [-0.25, -0.2) is 8.42 Å². The number of rotatable bonds is 4. The van der Waals surface area contributed by atoms with Gasteiger partial charge in [-0.1, -0.05) is 0 Å². The topological polar surface area (TPSA) is 83.6 Å². The molecule has 0 spiro atoms. The highest BCUT2D eigenvalue weighted by Crippen LogP contribution is 2.24. The molecule has 1 aliphatic rings. The zero-order valence-corrected chi connectivity index (χ0v) is 13.4. The third-order valence-electron chi connectivity index (χ3n) is 3.09. The first kappa shape index (κ1) is 16.5. The summed E-state index contributed by atoms with van der Waals surface area (Å²) in [5.41, 5.74) is 1.11. The Bertz CT molecular complexity index is 713. The smallest absolute Gasteiger partial charge is 0.242 e. The maximum Gasteiger partial charge on any atom is 0.242 e. The van der Waals surface area contributed by atoms with E-state index >= 15 is 0 Å². The third-order valence-corrected chi connectivity index (χ3v) is 4.70. The first-order chi connectivity index (χ1) is 10.3. The second-order valence-electron chi connectivity index (χ2n) is 4.85. The van der Waals surface area contributed by atoms with Gasteiger partial charge < -0.3 is 10.2 Å². The average molecular weight is 343 g/mol. The molecule has 6 nitrogen and oxygen atoms in total. The monoisotopic (exact) mass is 342 g/mol. The minimum Gasteiger partial charge on any atom is -0.326 e. The van der Waals surface area contributed by atoms with Gasteiger partial charge in [0, 0.05) is 23.7 Å². The van der Waals surface area contributed by atoms with Crippen LogP contribution in [0.4, 0.5) is 11.4 Å². The Kier molecular flexibility index (Phi) is 4.87. The molecular formula is C14H15ClN2O4S. The molecule has 0 bridgehead atoms. The number of halogens is 1. The second-order valence-corrected chi connectivity index (χ2v) is 7.05. The number of hydrogen-bond donors (Lipinski definition) is 1. The number of carbonyl (C=O) groups is 2. The van der Waals surface area contributed by atoms with Crippen LogP contribution in [0.25, 0.3) is 0 Å². The number of nitrogens with one attached hydrogen (secondary N) is 1. The van der Waals surface area contributed by atoms with Crippen molar-refractivity contribution in [3.05, 3.63) is 35.7 Å². The van der Waals surface area contributed by atoms with Crippen LogP contribution in [0, 0.1) is 0 Å². The summed E-state index contributed by atoms with van der Waals surface area (Å²) in [6.45, 7) is 1.39. The molecule has 8 heteroatoms. The van der Waals surface area contributed by atoms with Gasteiger partial charge in [-0.05, 0) is 30.3 Å². The predicted molar refractivity (Wildman–Crippen MR) is 85.7 cm³/mol. The van der Waals surface area contributed by atoms with Gasteiger partial charge in [-0.15, -0.1) is 11.6 Å². The molecule has 2 rings (SSSR count). The predicted octanol–water partition coefficient (Wildman–Crippen LogP) is 1.53. The summed E-state index contributed by atoms with van der Waals surface area (Å²) in [7, 11) is -3.29. The van der Waals surface area contributed by atoms with Crippen LogP contribution in [-0.2, 0) is 19.4 Å². The van der Waals surface area contributed by atoms with E-state index in [1.165, 1.54) is 17.9 Å². The molecule has 1 aliphatic heterocycles. The van der Waals surface area contributed by atoms with E-state index in [-0.39, 0.29) is 23.4 Å². The van der Waals surface area contributed by atoms with Crippen LogP contribution in [0.2, 0.25) is 0 Å². The molecule has 1 aromatic rings. The van der Waals surface area contributed by atoms with Crippen molar-refractivity contribution in [2.75, 3.05) is 21.8 Å². The number of sulfone groups is 1. The average Bonchev–Trinajstić information content (AvgIpc) is 2.80. The van der Waals surface area contributed by atoms with E-state index in [2.05, 4.69) is 5.32 Å². The van der Waals surface area contributed by atoms with Gasteiger partial charge in [-0.3, -0.25) is 9.59 Å². The fourth-order valence-corrected chi connectivity index (χ4v) is 3.61. The zero-order valence-electron chi connectivity index (χ0n) is 11.8. The molecule has 118 valence electrons. The van der Waals surface area contributed by atoms with Crippen LogP contribution >= 0.6 is 11.6 Å². The molecule has 0 aromatic heterocycles. The van der Waals surface area contributed by atoms with E-state index in [1.807, 2.05) is 0 Å². The molecule has 1 N–H and O–H groups in total. The Morgan fingerprint density at radius 3 is 2.41 bits per heavy atom. The van der Waals surface area contributed by atoms with E-state index in [4.69, 9.17) is 11.6 Å². The Labute approximate surface area is 133 Å². The molecular weight excluding hydrogens is 328 g/mol. The van der Waals surface area contributed by atoms with E-state index in [1.54, 1.807) is 24.3 Å². The fraction of sp³-hybridized carbons (Fsp3) is 0.286. The lowest BCUT2D eigenvalue weighted by Gasteiger charge is -2.27. The molecule has 1 heterocycles. The van der Waals surface area contributed by atoms with Gasteiger partial charge in [-0.2, -0.15) is 0 Å². The molecule has 0 saturated heterocycles. The summed E-state index contributed by atoms with van der Waals surface area (Å²) in [6, 6.07) is 5.96. The summed E-state index contributed by atoms with van der Waals surface area (Å²) >= 11 is 5.62. The number of anilines is 2. The summed E-state index contributed by atoms with van der Waals surface area (Å²) in [6.07, 6.45) is 1.47. The van der Waals surface area contributed by atoms with Gasteiger partial charge in [0.1, 0.15) is 5.88 Å². The quantitative estimate of drug-likeness (QED) is 0.841. The summed E-state index contributed by atoms with van der Waals surface area (Å²) in [4.78, 5) is 24.4. The van der Waals surface area contributed by atoms with Gasteiger partial charge in [0.05, 0.1) is 11.8 Å². The molecule has 2 amide bonds. The van der Waals surface area contributed by atoms with Crippen molar-refractivity contribution in [2.24, 2.45) is 0 Å². The minimum atomic E-state index is -3.29. The molecule has 22 heavy (non-hydrogen) atoms. The summed E-state index contributed by atoms with van der Waals surface area (Å²) in [5, 5.41) is 3.73. The lowest BCUT2D eigenvalue weighted by atomic mass is 10.2. The number of alkyl halides is 1. The van der Waals surface area contributed by atoms with Crippen LogP contribution in [0.1, 0.15) is 6.92 Å². The van der Waals surface area contributed by atoms with Crippen LogP contribution in [-0.4, -0.2) is 37.9 Å². The Balaban J connectivity index is 2.28. The van der Waals surface area contributed by atoms with Gasteiger partial charge >= 0.3 is 0 Å². The number of hydrogen-bond acceptors (Lipinski definition) is 4. The normalized spacial score (nSPS) is 18.9. The standard InChI is InChI=1S/C14H15ClN2O4S/c1-10(18)16-11-2-4-12(5-3-11)17(14(19)8-15)13-6-7-22(20,21)9-13/h2-7,13H,8-9H2,1H3,(H,16,18). The molecule has 0 saturated carbocycles. The first-order valence-electron chi connectivity index (χ1n) is 6.49. The number of amides is 2. The summed E-state index contributed by atoms with van der Waals surface area (Å²) < 4.78 is 23.1. The van der Waals surface area contributed by atoms with Crippen molar-refractivity contribution in [3.63, 3.8) is 0 Å². The fourth-order valence-electron chi connectivity index (χ4n) is 2.21. The first-order valence-corrected chi connectivity index (χ1v) is 8.74. The zero-order chi connectivity index (χ0) is 16.3. The maximum atomic E-state index is 12.1. The highest BCUT2D eigenvalue weighted by Gasteiger charge is 2.30. The van der Waals surface area contributed by atoms with Crippen molar-refractivity contribution in [3.8, 4) is 0 Å². The molecule has 1 aromatic carbocycles. The second kappa shape index (κ2) is 6.50. The van der Waals surface area contributed by atoms with Crippen molar-refractivity contribution in [2.45, 2.75) is 13.0 Å². The summed E-state index contributed by atoms with van der Waals surface area (Å²) in [5.74, 6) is -1.01. The molecule has 0 fully saturated rings. The number of nitrogens with zero attached hydrogens (tertiary/aromatic N) is 1. The third kappa shape index (κ3) is 3.86. The number of carbonyl (C=O) groups excluding carboxylic acids is 2. The molecule has 0 radical (unpaired) electrons. The Morgan fingerprint density at radius 1 is 1.32 bits per heavy atom. The van der Waals surface area contributed by atoms with E-state index in [9.17, 15) is 18.0 Å². The van der Waals surface area contributed by atoms with Crippen molar-refractivity contribution in [1.82, 2.24) is 0 Å². The maximum absolute atomic E-state index is 12.1. The number of benzene rings is 1. The lowest BCUT2D eigenvalue weighted by molar-refractivity contribution is -0.116. The molecule has 0 aliphatic carbocycles. The highest BCUT2D eigenvalue weighted by molar-refractivity contribution is 7.94. The molecule has 1 atom stereocenters. The van der Waals surface area contributed by atoms with E-state index in [0.29, 0.717) is 11.4 Å². The van der Waals surface area contributed by atoms with Crippen LogP contribution in [0.15, 0.2) is 35.7 Å². The minimum absolute atomic E-state index is 0.164. The molecule has 1 unspecified atom stereocenters. The van der Waals surface area contributed by atoms with Crippen LogP contribution < -0.4 is 10.2 Å². The van der Waals surface area contributed by atoms with Gasteiger partial charge in [0.25, 0.3) is 0 Å². The van der Waals surface area contributed by atoms with Gasteiger partial charge in [0.2, 0.25) is 11.8 Å². The van der Waals surface area contributed by atoms with Crippen molar-refractivity contribution in [1.29, 1.82) is 0 Å². The SMILES string of the molecule is CC(=O)Nc1ccc(N(C(=O)CCl)C2C=CS(=O)(=O)C2)cc1. The van der Waals surface area contributed by atoms with Gasteiger partial charge in [0.15, 0.2) is 9.84 Å². The van der Waals surface area contributed by atoms with Crippen LogP contribution in [0.3, 0.4) is 0 Å². The largest absolute Gasteiger partial charge is 0.326 e. The van der Waals surface area contributed by atoms with Crippen LogP contribution in [0.5, 0.6) is 0 Å². The van der Waals surface area contributed by atoms with E-state index in [0.717, 1.165) is 5.41 Å². The van der Waals surface area contributed by atoms with Crippen molar-refractivity contribution >= 4 is 44.6 Å². The van der Waals surface area contributed by atoms with E-state index < -0.39 is 15.9 Å². The Hall–Kier alpha value is -1.86. The highest BCUT2D eigenvalue weighted by atomic mass is 35.5. The Morgan fingerprint density at radius 2 is 1.95 bits per heavy atom.